The number of ketones is 1. The molecule has 2 aliphatic rings. The summed E-state index contributed by atoms with van der Waals surface area (Å²) in [6.07, 6.45) is 0. The van der Waals surface area contributed by atoms with Gasteiger partial charge in [-0.2, -0.15) is 0 Å². The summed E-state index contributed by atoms with van der Waals surface area (Å²) >= 11 is 5.99. The van der Waals surface area contributed by atoms with Crippen LogP contribution in [0.2, 0.25) is 5.02 Å². The van der Waals surface area contributed by atoms with E-state index >= 15 is 0 Å². The normalized spacial score (nSPS) is 21.2. The molecule has 2 aliphatic heterocycles. The summed E-state index contributed by atoms with van der Waals surface area (Å²) in [5, 5.41) is 11.6. The molecule has 0 radical (unpaired) electrons. The van der Waals surface area contributed by atoms with Gasteiger partial charge in [-0.25, -0.2) is 0 Å². The summed E-state index contributed by atoms with van der Waals surface area (Å²) in [4.78, 5) is 30.1. The van der Waals surface area contributed by atoms with Crippen LogP contribution in [0.5, 0.6) is 0 Å². The molecule has 1 amide bonds. The molecule has 6 nitrogen and oxygen atoms in total. The molecule has 1 unspecified atom stereocenters. The van der Waals surface area contributed by atoms with Crippen molar-refractivity contribution in [2.75, 3.05) is 39.4 Å². The highest BCUT2D eigenvalue weighted by Crippen LogP contribution is 2.39. The third-order valence-corrected chi connectivity index (χ3v) is 6.59. The topological polar surface area (TPSA) is 70.1 Å². The number of aliphatic hydroxyl groups is 1. The predicted molar refractivity (Wildman–Crippen MR) is 128 cm³/mol. The zero-order valence-electron chi connectivity index (χ0n) is 19.0. The number of carbonyl (C=O) groups is 2. The van der Waals surface area contributed by atoms with E-state index in [0.29, 0.717) is 42.8 Å². The standard InChI is InChI=1S/C26H29ClN2O4/c1-17(2)18-3-5-19(6-4-18)23-22(24(30)20-7-9-21(27)10-8-20)25(31)26(32)29(23)12-11-28-13-15-33-16-14-28/h3-10,17,23,30H,11-16H2,1-2H3/b24-22-. The monoisotopic (exact) mass is 468 g/mol. The molecule has 2 aromatic rings. The van der Waals surface area contributed by atoms with Gasteiger partial charge < -0.3 is 14.7 Å². The van der Waals surface area contributed by atoms with Crippen LogP contribution in [-0.4, -0.2) is 66.0 Å². The lowest BCUT2D eigenvalue weighted by atomic mass is 9.93. The molecular formula is C26H29ClN2O4. The fraction of sp³-hybridized carbons (Fsp3) is 0.385. The van der Waals surface area contributed by atoms with Gasteiger partial charge in [-0.1, -0.05) is 49.7 Å². The first-order chi connectivity index (χ1) is 15.9. The molecule has 0 spiro atoms. The Morgan fingerprint density at radius 3 is 2.27 bits per heavy atom. The predicted octanol–water partition coefficient (Wildman–Crippen LogP) is 4.22. The Morgan fingerprint density at radius 2 is 1.67 bits per heavy atom. The number of aliphatic hydroxyl groups excluding tert-OH is 1. The summed E-state index contributed by atoms with van der Waals surface area (Å²) in [5.74, 6) is -1.07. The first-order valence-electron chi connectivity index (χ1n) is 11.3. The first-order valence-corrected chi connectivity index (χ1v) is 11.7. The van der Waals surface area contributed by atoms with Crippen molar-refractivity contribution in [2.45, 2.75) is 25.8 Å². The molecule has 2 saturated heterocycles. The molecule has 1 atom stereocenters. The molecule has 0 aliphatic carbocycles. The third kappa shape index (κ3) is 4.98. The van der Waals surface area contributed by atoms with Crippen molar-refractivity contribution >= 4 is 29.1 Å². The highest BCUT2D eigenvalue weighted by Gasteiger charge is 2.46. The SMILES string of the molecule is CC(C)c1ccc(C2/C(=C(/O)c3ccc(Cl)cc3)C(=O)C(=O)N2CCN2CCOCC2)cc1. The largest absolute Gasteiger partial charge is 0.507 e. The van der Waals surface area contributed by atoms with Gasteiger partial charge in [-0.05, 0) is 41.3 Å². The van der Waals surface area contributed by atoms with E-state index in [9.17, 15) is 14.7 Å². The summed E-state index contributed by atoms with van der Waals surface area (Å²) < 4.78 is 5.41. The highest BCUT2D eigenvalue weighted by molar-refractivity contribution is 6.46. The van der Waals surface area contributed by atoms with Gasteiger partial charge >= 0.3 is 0 Å². The lowest BCUT2D eigenvalue weighted by molar-refractivity contribution is -0.140. The Kier molecular flexibility index (Phi) is 7.17. The number of rotatable bonds is 6. The van der Waals surface area contributed by atoms with E-state index in [0.717, 1.165) is 18.7 Å². The number of nitrogens with zero attached hydrogens (tertiary/aromatic N) is 2. The molecule has 0 bridgehead atoms. The Hall–Kier alpha value is -2.67. The Labute approximate surface area is 199 Å². The van der Waals surface area contributed by atoms with E-state index < -0.39 is 17.7 Å². The van der Waals surface area contributed by atoms with Gasteiger partial charge in [0.25, 0.3) is 11.7 Å². The highest BCUT2D eigenvalue weighted by atomic mass is 35.5. The number of morpholine rings is 1. The van der Waals surface area contributed by atoms with Gasteiger partial charge in [0.15, 0.2) is 0 Å². The number of benzene rings is 2. The van der Waals surface area contributed by atoms with Crippen LogP contribution in [0.1, 0.15) is 42.5 Å². The number of halogens is 1. The Balaban J connectivity index is 1.73. The van der Waals surface area contributed by atoms with Crippen molar-refractivity contribution in [3.63, 3.8) is 0 Å². The van der Waals surface area contributed by atoms with Gasteiger partial charge in [0.05, 0.1) is 24.8 Å². The van der Waals surface area contributed by atoms with Crippen molar-refractivity contribution in [3.05, 3.63) is 75.8 Å². The van der Waals surface area contributed by atoms with Gasteiger partial charge in [0.2, 0.25) is 0 Å². The number of amides is 1. The van der Waals surface area contributed by atoms with Crippen LogP contribution in [0.25, 0.3) is 5.76 Å². The van der Waals surface area contributed by atoms with E-state index in [1.165, 1.54) is 5.56 Å². The van der Waals surface area contributed by atoms with Gasteiger partial charge in [0.1, 0.15) is 5.76 Å². The first kappa shape index (κ1) is 23.5. The van der Waals surface area contributed by atoms with Crippen LogP contribution in [0.4, 0.5) is 0 Å². The van der Waals surface area contributed by atoms with E-state index in [4.69, 9.17) is 16.3 Å². The molecular weight excluding hydrogens is 440 g/mol. The molecule has 33 heavy (non-hydrogen) atoms. The second-order valence-corrected chi connectivity index (χ2v) is 9.21. The van der Waals surface area contributed by atoms with Crippen molar-refractivity contribution in [1.82, 2.24) is 9.80 Å². The molecule has 2 heterocycles. The minimum atomic E-state index is -0.664. The maximum Gasteiger partial charge on any atom is 0.295 e. The van der Waals surface area contributed by atoms with E-state index in [-0.39, 0.29) is 11.3 Å². The molecule has 2 aromatic carbocycles. The second kappa shape index (κ2) is 10.1. The Bertz CT molecular complexity index is 1040. The van der Waals surface area contributed by atoms with Gasteiger partial charge in [0, 0.05) is 36.8 Å². The zero-order valence-corrected chi connectivity index (χ0v) is 19.7. The van der Waals surface area contributed by atoms with E-state index in [1.807, 2.05) is 24.3 Å². The molecule has 174 valence electrons. The average molecular weight is 469 g/mol. The van der Waals surface area contributed by atoms with E-state index in [2.05, 4.69) is 18.7 Å². The smallest absolute Gasteiger partial charge is 0.295 e. The minimum absolute atomic E-state index is 0.113. The van der Waals surface area contributed by atoms with Gasteiger partial charge in [-0.3, -0.25) is 14.5 Å². The average Bonchev–Trinajstić information content (AvgIpc) is 3.08. The molecule has 0 saturated carbocycles. The lowest BCUT2D eigenvalue weighted by Gasteiger charge is -2.31. The van der Waals surface area contributed by atoms with Crippen LogP contribution in [0.15, 0.2) is 54.1 Å². The lowest BCUT2D eigenvalue weighted by Crippen LogP contribution is -2.42. The van der Waals surface area contributed by atoms with Gasteiger partial charge in [-0.15, -0.1) is 0 Å². The summed E-state index contributed by atoms with van der Waals surface area (Å²) in [7, 11) is 0. The molecule has 7 heteroatoms. The molecule has 4 rings (SSSR count). The summed E-state index contributed by atoms with van der Waals surface area (Å²) in [6.45, 7) is 8.17. The van der Waals surface area contributed by atoms with Crippen LogP contribution < -0.4 is 0 Å². The number of Topliss-reactive ketones (excluding diaryl/α,β-unsaturated/α-hetero) is 1. The fourth-order valence-electron chi connectivity index (χ4n) is 4.36. The van der Waals surface area contributed by atoms with Crippen molar-refractivity contribution in [1.29, 1.82) is 0 Å². The summed E-state index contributed by atoms with van der Waals surface area (Å²) in [6, 6.07) is 13.9. The number of hydrogen-bond acceptors (Lipinski definition) is 5. The van der Waals surface area contributed by atoms with Crippen LogP contribution in [-0.2, 0) is 14.3 Å². The van der Waals surface area contributed by atoms with E-state index in [1.54, 1.807) is 29.2 Å². The van der Waals surface area contributed by atoms with Crippen LogP contribution in [0, 0.1) is 0 Å². The Morgan fingerprint density at radius 1 is 1.03 bits per heavy atom. The van der Waals surface area contributed by atoms with Crippen LogP contribution in [0.3, 0.4) is 0 Å². The number of ether oxygens (including phenoxy) is 1. The molecule has 2 fully saturated rings. The number of hydrogen-bond donors (Lipinski definition) is 1. The number of likely N-dealkylation sites (tertiary alicyclic amines) is 1. The molecule has 0 aromatic heterocycles. The molecule has 1 N–H and O–H groups in total. The fourth-order valence-corrected chi connectivity index (χ4v) is 4.48. The van der Waals surface area contributed by atoms with Crippen molar-refractivity contribution in [2.24, 2.45) is 0 Å². The minimum Gasteiger partial charge on any atom is -0.507 e. The third-order valence-electron chi connectivity index (χ3n) is 6.34. The quantitative estimate of drug-likeness (QED) is 0.390. The maximum atomic E-state index is 13.1. The van der Waals surface area contributed by atoms with Crippen LogP contribution >= 0.6 is 11.6 Å². The number of carbonyl (C=O) groups excluding carboxylic acids is 2. The van der Waals surface area contributed by atoms with Crippen molar-refractivity contribution < 1.29 is 19.4 Å². The second-order valence-electron chi connectivity index (χ2n) is 8.77. The zero-order chi connectivity index (χ0) is 23.5. The maximum absolute atomic E-state index is 13.1. The summed E-state index contributed by atoms with van der Waals surface area (Å²) in [5.41, 5.74) is 2.54. The van der Waals surface area contributed by atoms with Crippen molar-refractivity contribution in [3.8, 4) is 0 Å².